The lowest BCUT2D eigenvalue weighted by molar-refractivity contribution is 0.123. The molecule has 1 atom stereocenters. The Morgan fingerprint density at radius 3 is 2.80 bits per heavy atom. The van der Waals surface area contributed by atoms with Gasteiger partial charge in [0.25, 0.3) is 0 Å². The lowest BCUT2D eigenvalue weighted by Gasteiger charge is -2.17. The van der Waals surface area contributed by atoms with Crippen LogP contribution in [-0.4, -0.2) is 19.8 Å². The SMILES string of the molecule is CCNC(COCC)c1ccoc1CC. The van der Waals surface area contributed by atoms with Crippen molar-refractivity contribution >= 4 is 0 Å². The van der Waals surface area contributed by atoms with Crippen molar-refractivity contribution in [2.24, 2.45) is 0 Å². The summed E-state index contributed by atoms with van der Waals surface area (Å²) in [4.78, 5) is 0. The third kappa shape index (κ3) is 3.36. The lowest BCUT2D eigenvalue weighted by Crippen LogP contribution is -2.25. The molecule has 0 radical (unpaired) electrons. The molecule has 3 nitrogen and oxygen atoms in total. The Morgan fingerprint density at radius 1 is 1.40 bits per heavy atom. The predicted octanol–water partition coefficient (Wildman–Crippen LogP) is 2.53. The molecular formula is C12H21NO2. The van der Waals surface area contributed by atoms with Crippen LogP contribution in [0.2, 0.25) is 0 Å². The number of nitrogens with one attached hydrogen (secondary N) is 1. The highest BCUT2D eigenvalue weighted by atomic mass is 16.5. The number of aryl methyl sites for hydroxylation is 1. The molecule has 0 amide bonds. The van der Waals surface area contributed by atoms with Gasteiger partial charge in [-0.15, -0.1) is 0 Å². The van der Waals surface area contributed by atoms with E-state index in [1.165, 1.54) is 5.56 Å². The molecule has 15 heavy (non-hydrogen) atoms. The molecule has 0 aliphatic carbocycles. The molecule has 0 fully saturated rings. The van der Waals surface area contributed by atoms with Gasteiger partial charge >= 0.3 is 0 Å². The van der Waals surface area contributed by atoms with Crippen molar-refractivity contribution in [3.8, 4) is 0 Å². The quantitative estimate of drug-likeness (QED) is 0.752. The fraction of sp³-hybridized carbons (Fsp3) is 0.667. The first-order chi connectivity index (χ1) is 7.33. The van der Waals surface area contributed by atoms with E-state index in [0.29, 0.717) is 6.61 Å². The van der Waals surface area contributed by atoms with Crippen LogP contribution in [0.5, 0.6) is 0 Å². The minimum absolute atomic E-state index is 0.253. The van der Waals surface area contributed by atoms with Gasteiger partial charge in [-0.1, -0.05) is 13.8 Å². The summed E-state index contributed by atoms with van der Waals surface area (Å²) in [7, 11) is 0. The van der Waals surface area contributed by atoms with Crippen molar-refractivity contribution in [2.45, 2.75) is 33.2 Å². The van der Waals surface area contributed by atoms with Crippen LogP contribution in [0.4, 0.5) is 0 Å². The summed E-state index contributed by atoms with van der Waals surface area (Å²) in [6, 6.07) is 2.29. The fourth-order valence-electron chi connectivity index (χ4n) is 1.69. The third-order valence-corrected chi connectivity index (χ3v) is 2.42. The van der Waals surface area contributed by atoms with Gasteiger partial charge in [0.05, 0.1) is 18.9 Å². The van der Waals surface area contributed by atoms with Gasteiger partial charge in [-0.05, 0) is 19.5 Å². The minimum Gasteiger partial charge on any atom is -0.469 e. The van der Waals surface area contributed by atoms with Gasteiger partial charge < -0.3 is 14.5 Å². The van der Waals surface area contributed by atoms with Crippen LogP contribution in [0.25, 0.3) is 0 Å². The summed E-state index contributed by atoms with van der Waals surface area (Å²) < 4.78 is 10.9. The minimum atomic E-state index is 0.253. The Bertz CT molecular complexity index is 270. The van der Waals surface area contributed by atoms with Crippen LogP contribution < -0.4 is 5.32 Å². The van der Waals surface area contributed by atoms with E-state index in [1.54, 1.807) is 6.26 Å². The maximum atomic E-state index is 5.47. The summed E-state index contributed by atoms with van der Waals surface area (Å²) in [6.45, 7) is 8.61. The smallest absolute Gasteiger partial charge is 0.108 e. The summed E-state index contributed by atoms with van der Waals surface area (Å²) in [5.74, 6) is 1.06. The van der Waals surface area contributed by atoms with Gasteiger partial charge in [0.2, 0.25) is 0 Å². The number of hydrogen-bond acceptors (Lipinski definition) is 3. The van der Waals surface area contributed by atoms with E-state index in [2.05, 4.69) is 19.2 Å². The first-order valence-corrected chi connectivity index (χ1v) is 5.70. The second-order valence-corrected chi connectivity index (χ2v) is 3.42. The number of likely N-dealkylation sites (N-methyl/N-ethyl adjacent to an activating group) is 1. The van der Waals surface area contributed by atoms with Crippen LogP contribution in [-0.2, 0) is 11.2 Å². The first kappa shape index (κ1) is 12.3. The molecule has 1 aromatic rings. The molecule has 1 heterocycles. The van der Waals surface area contributed by atoms with Crippen LogP contribution in [0.15, 0.2) is 16.7 Å². The molecule has 0 aliphatic rings. The average molecular weight is 211 g/mol. The summed E-state index contributed by atoms with van der Waals surface area (Å²) in [5, 5.41) is 3.41. The van der Waals surface area contributed by atoms with Crippen molar-refractivity contribution in [1.82, 2.24) is 5.32 Å². The Kier molecular flexibility index (Phi) is 5.43. The Hall–Kier alpha value is -0.800. The highest BCUT2D eigenvalue weighted by Gasteiger charge is 2.15. The Morgan fingerprint density at radius 2 is 2.20 bits per heavy atom. The molecule has 1 aromatic heterocycles. The van der Waals surface area contributed by atoms with E-state index < -0.39 is 0 Å². The van der Waals surface area contributed by atoms with Gasteiger partial charge in [-0.3, -0.25) is 0 Å². The van der Waals surface area contributed by atoms with Crippen molar-refractivity contribution in [3.05, 3.63) is 23.7 Å². The first-order valence-electron chi connectivity index (χ1n) is 5.70. The molecule has 0 saturated heterocycles. The fourth-order valence-corrected chi connectivity index (χ4v) is 1.69. The Balaban J connectivity index is 2.69. The van der Waals surface area contributed by atoms with Gasteiger partial charge in [-0.25, -0.2) is 0 Å². The largest absolute Gasteiger partial charge is 0.469 e. The van der Waals surface area contributed by atoms with Gasteiger partial charge in [0.1, 0.15) is 5.76 Å². The average Bonchev–Trinajstić information content (AvgIpc) is 2.72. The molecular weight excluding hydrogens is 190 g/mol. The number of furan rings is 1. The van der Waals surface area contributed by atoms with Crippen LogP contribution in [0.1, 0.15) is 38.1 Å². The second-order valence-electron chi connectivity index (χ2n) is 3.42. The maximum Gasteiger partial charge on any atom is 0.108 e. The molecule has 86 valence electrons. The van der Waals surface area contributed by atoms with E-state index >= 15 is 0 Å². The molecule has 0 aromatic carbocycles. The molecule has 0 saturated carbocycles. The van der Waals surface area contributed by atoms with Crippen LogP contribution >= 0.6 is 0 Å². The van der Waals surface area contributed by atoms with Gasteiger partial charge in [-0.2, -0.15) is 0 Å². The number of hydrogen-bond donors (Lipinski definition) is 1. The van der Waals surface area contributed by atoms with Gasteiger partial charge in [0.15, 0.2) is 0 Å². The van der Waals surface area contributed by atoms with E-state index in [4.69, 9.17) is 9.15 Å². The van der Waals surface area contributed by atoms with Crippen molar-refractivity contribution < 1.29 is 9.15 Å². The zero-order valence-electron chi connectivity index (χ0n) is 9.88. The summed E-state index contributed by atoms with van der Waals surface area (Å²) in [5.41, 5.74) is 1.23. The monoisotopic (exact) mass is 211 g/mol. The predicted molar refractivity (Wildman–Crippen MR) is 61.0 cm³/mol. The molecule has 0 bridgehead atoms. The molecule has 1 unspecified atom stereocenters. The summed E-state index contributed by atoms with van der Waals surface area (Å²) in [6.07, 6.45) is 2.68. The number of ether oxygens (including phenoxy) is 1. The second kappa shape index (κ2) is 6.64. The molecule has 3 heteroatoms. The Labute approximate surface area is 91.8 Å². The molecule has 1 rings (SSSR count). The van der Waals surface area contributed by atoms with Crippen molar-refractivity contribution in [3.63, 3.8) is 0 Å². The molecule has 1 N–H and O–H groups in total. The third-order valence-electron chi connectivity index (χ3n) is 2.42. The zero-order chi connectivity index (χ0) is 11.1. The van der Waals surface area contributed by atoms with E-state index in [-0.39, 0.29) is 6.04 Å². The molecule has 0 aliphatic heterocycles. The number of rotatable bonds is 7. The van der Waals surface area contributed by atoms with Crippen molar-refractivity contribution in [2.75, 3.05) is 19.8 Å². The van der Waals surface area contributed by atoms with Crippen LogP contribution in [0.3, 0.4) is 0 Å². The van der Waals surface area contributed by atoms with Crippen molar-refractivity contribution in [1.29, 1.82) is 0 Å². The van der Waals surface area contributed by atoms with Gasteiger partial charge in [0, 0.05) is 18.6 Å². The van der Waals surface area contributed by atoms with Crippen LogP contribution in [0, 0.1) is 0 Å². The normalized spacial score (nSPS) is 13.0. The van der Waals surface area contributed by atoms with E-state index in [1.807, 2.05) is 13.0 Å². The molecule has 0 spiro atoms. The highest BCUT2D eigenvalue weighted by molar-refractivity contribution is 5.21. The topological polar surface area (TPSA) is 34.4 Å². The highest BCUT2D eigenvalue weighted by Crippen LogP contribution is 2.20. The standard InChI is InChI=1S/C12H21NO2/c1-4-12-10(7-8-15-12)11(13-5-2)9-14-6-3/h7-8,11,13H,4-6,9H2,1-3H3. The zero-order valence-corrected chi connectivity index (χ0v) is 9.88. The maximum absolute atomic E-state index is 5.47. The summed E-state index contributed by atoms with van der Waals surface area (Å²) >= 11 is 0. The van der Waals surface area contributed by atoms with E-state index in [0.717, 1.165) is 25.3 Å². The lowest BCUT2D eigenvalue weighted by atomic mass is 10.1. The van der Waals surface area contributed by atoms with E-state index in [9.17, 15) is 0 Å².